The van der Waals surface area contributed by atoms with E-state index in [9.17, 15) is 9.59 Å². The summed E-state index contributed by atoms with van der Waals surface area (Å²) in [6.45, 7) is 0. The Morgan fingerprint density at radius 2 is 1.71 bits per heavy atom. The number of carbonyl (C=O) groups is 2. The minimum Gasteiger partial charge on any atom is -0.267 e. The average molecular weight is 246 g/mol. The first-order valence-corrected chi connectivity index (χ1v) is 5.80. The van der Waals surface area contributed by atoms with Crippen LogP contribution in [0.25, 0.3) is 0 Å². The van der Waals surface area contributed by atoms with Gasteiger partial charge in [-0.05, 0) is 23.6 Å². The molecule has 0 aliphatic carbocycles. The van der Waals surface area contributed by atoms with Gasteiger partial charge >= 0.3 is 0 Å². The van der Waals surface area contributed by atoms with Gasteiger partial charge in [-0.25, -0.2) is 10.9 Å². The maximum Gasteiger partial charge on any atom is 0.285 e. The van der Waals surface area contributed by atoms with Gasteiger partial charge in [0, 0.05) is 5.56 Å². The minimum absolute atomic E-state index is 0.389. The molecule has 1 aromatic carbocycles. The number of rotatable bonds is 2. The molecule has 86 valence electrons. The zero-order chi connectivity index (χ0) is 12.3. The van der Waals surface area contributed by atoms with Crippen molar-refractivity contribution in [3.8, 4) is 0 Å². The fraction of sp³-hybridized carbons (Fsp3) is 0. The van der Waals surface area contributed by atoms with Crippen molar-refractivity contribution in [3.63, 3.8) is 0 Å². The summed E-state index contributed by atoms with van der Waals surface area (Å²) in [7, 11) is 0. The molecule has 1 aromatic heterocycles. The van der Waals surface area contributed by atoms with Crippen LogP contribution >= 0.6 is 11.3 Å². The summed E-state index contributed by atoms with van der Waals surface area (Å²) in [5, 5.41) is 2.40. The molecule has 0 fully saturated rings. The van der Waals surface area contributed by atoms with E-state index in [4.69, 9.17) is 5.84 Å². The SMILES string of the molecule is NN(C(=O)c1ccccc1)C(=O)c1cccs1. The van der Waals surface area contributed by atoms with Gasteiger partial charge in [0.15, 0.2) is 0 Å². The molecule has 0 bridgehead atoms. The molecular weight excluding hydrogens is 236 g/mol. The third-order valence-corrected chi connectivity index (χ3v) is 3.05. The Morgan fingerprint density at radius 3 is 2.29 bits per heavy atom. The quantitative estimate of drug-likeness (QED) is 0.381. The molecule has 2 rings (SSSR count). The Hall–Kier alpha value is -1.98. The summed E-state index contributed by atoms with van der Waals surface area (Å²) in [4.78, 5) is 24.1. The number of amides is 2. The predicted octanol–water partition coefficient (Wildman–Crippen LogP) is 1.90. The molecule has 0 radical (unpaired) electrons. The highest BCUT2D eigenvalue weighted by molar-refractivity contribution is 7.12. The van der Waals surface area contributed by atoms with E-state index < -0.39 is 11.8 Å². The fourth-order valence-electron chi connectivity index (χ4n) is 1.33. The van der Waals surface area contributed by atoms with E-state index in [1.165, 1.54) is 11.3 Å². The van der Waals surface area contributed by atoms with Crippen molar-refractivity contribution in [3.05, 3.63) is 58.3 Å². The molecule has 0 aliphatic rings. The first-order chi connectivity index (χ1) is 8.20. The lowest BCUT2D eigenvalue weighted by molar-refractivity contribution is 0.0618. The zero-order valence-corrected chi connectivity index (χ0v) is 9.68. The lowest BCUT2D eigenvalue weighted by Crippen LogP contribution is -2.42. The van der Waals surface area contributed by atoms with E-state index in [0.29, 0.717) is 15.4 Å². The van der Waals surface area contributed by atoms with Crippen LogP contribution in [0.2, 0.25) is 0 Å². The Labute approximate surface area is 102 Å². The van der Waals surface area contributed by atoms with E-state index in [1.807, 2.05) is 0 Å². The summed E-state index contributed by atoms with van der Waals surface area (Å²) in [6, 6.07) is 11.8. The van der Waals surface area contributed by atoms with Gasteiger partial charge in [-0.15, -0.1) is 11.3 Å². The summed E-state index contributed by atoms with van der Waals surface area (Å²) in [5.41, 5.74) is 0.389. The first kappa shape index (κ1) is 11.5. The highest BCUT2D eigenvalue weighted by Gasteiger charge is 2.21. The largest absolute Gasteiger partial charge is 0.285 e. The van der Waals surface area contributed by atoms with Crippen molar-refractivity contribution in [2.24, 2.45) is 5.84 Å². The van der Waals surface area contributed by atoms with E-state index in [-0.39, 0.29) is 0 Å². The Kier molecular flexibility index (Phi) is 3.32. The van der Waals surface area contributed by atoms with Crippen LogP contribution in [0.15, 0.2) is 47.8 Å². The first-order valence-electron chi connectivity index (χ1n) is 4.92. The predicted molar refractivity (Wildman–Crippen MR) is 65.4 cm³/mol. The number of nitrogens with zero attached hydrogens (tertiary/aromatic N) is 1. The van der Waals surface area contributed by atoms with Crippen LogP contribution in [0.4, 0.5) is 0 Å². The zero-order valence-electron chi connectivity index (χ0n) is 8.87. The molecule has 0 saturated carbocycles. The summed E-state index contributed by atoms with van der Waals surface area (Å²) in [5.74, 6) is 4.52. The van der Waals surface area contributed by atoms with Gasteiger partial charge < -0.3 is 0 Å². The van der Waals surface area contributed by atoms with Crippen LogP contribution in [0.1, 0.15) is 20.0 Å². The lowest BCUT2D eigenvalue weighted by atomic mass is 10.2. The van der Waals surface area contributed by atoms with Gasteiger partial charge in [0.05, 0.1) is 4.88 Å². The van der Waals surface area contributed by atoms with Crippen LogP contribution in [-0.4, -0.2) is 16.8 Å². The second kappa shape index (κ2) is 4.90. The van der Waals surface area contributed by atoms with Gasteiger partial charge in [-0.1, -0.05) is 24.3 Å². The standard InChI is InChI=1S/C12H10N2O2S/c13-14(12(16)10-7-4-8-17-10)11(15)9-5-2-1-3-6-9/h1-8H,13H2. The van der Waals surface area contributed by atoms with Crippen LogP contribution < -0.4 is 5.84 Å². The second-order valence-corrected chi connectivity index (χ2v) is 4.27. The molecule has 1 heterocycles. The van der Waals surface area contributed by atoms with Crippen LogP contribution in [0.5, 0.6) is 0 Å². The van der Waals surface area contributed by atoms with E-state index in [0.717, 1.165) is 0 Å². The number of carbonyl (C=O) groups excluding carboxylic acids is 2. The Morgan fingerprint density at radius 1 is 1.00 bits per heavy atom. The Balaban J connectivity index is 2.19. The second-order valence-electron chi connectivity index (χ2n) is 3.32. The molecular formula is C12H10N2O2S. The number of hydrogen-bond donors (Lipinski definition) is 1. The highest BCUT2D eigenvalue weighted by Crippen LogP contribution is 2.12. The van der Waals surface area contributed by atoms with E-state index in [2.05, 4.69) is 0 Å². The van der Waals surface area contributed by atoms with Crippen molar-refractivity contribution in [1.29, 1.82) is 0 Å². The molecule has 4 nitrogen and oxygen atoms in total. The van der Waals surface area contributed by atoms with Gasteiger partial charge in [0.2, 0.25) is 0 Å². The summed E-state index contributed by atoms with van der Waals surface area (Å²) >= 11 is 1.25. The monoisotopic (exact) mass is 246 g/mol. The van der Waals surface area contributed by atoms with Crippen LogP contribution in [0.3, 0.4) is 0 Å². The van der Waals surface area contributed by atoms with Gasteiger partial charge in [0.1, 0.15) is 0 Å². The molecule has 0 atom stereocenters. The van der Waals surface area contributed by atoms with Gasteiger partial charge in [-0.3, -0.25) is 9.59 Å². The highest BCUT2D eigenvalue weighted by atomic mass is 32.1. The number of nitrogens with two attached hydrogens (primary N) is 1. The molecule has 2 aromatic rings. The van der Waals surface area contributed by atoms with Crippen molar-refractivity contribution in [1.82, 2.24) is 5.01 Å². The maximum absolute atomic E-state index is 11.9. The average Bonchev–Trinajstić information content (AvgIpc) is 2.91. The topological polar surface area (TPSA) is 63.4 Å². The Bertz CT molecular complexity index is 523. The van der Waals surface area contributed by atoms with E-state index >= 15 is 0 Å². The van der Waals surface area contributed by atoms with Crippen molar-refractivity contribution < 1.29 is 9.59 Å². The van der Waals surface area contributed by atoms with Gasteiger partial charge in [-0.2, -0.15) is 0 Å². The normalized spacial score (nSPS) is 9.94. The molecule has 2 amide bonds. The van der Waals surface area contributed by atoms with Crippen molar-refractivity contribution in [2.75, 3.05) is 0 Å². The van der Waals surface area contributed by atoms with E-state index in [1.54, 1.807) is 47.8 Å². The number of imide groups is 1. The molecule has 0 unspecified atom stereocenters. The lowest BCUT2D eigenvalue weighted by Gasteiger charge is -2.13. The number of thiophene rings is 1. The summed E-state index contributed by atoms with van der Waals surface area (Å²) in [6.07, 6.45) is 0. The number of benzene rings is 1. The molecule has 0 spiro atoms. The van der Waals surface area contributed by atoms with Crippen LogP contribution in [0, 0.1) is 0 Å². The molecule has 5 heteroatoms. The van der Waals surface area contributed by atoms with Crippen LogP contribution in [-0.2, 0) is 0 Å². The third kappa shape index (κ3) is 2.41. The number of hydrogen-bond acceptors (Lipinski definition) is 4. The maximum atomic E-state index is 11.9. The fourth-order valence-corrected chi connectivity index (χ4v) is 1.99. The van der Waals surface area contributed by atoms with Crippen molar-refractivity contribution >= 4 is 23.2 Å². The summed E-state index contributed by atoms with van der Waals surface area (Å²) < 4.78 is 0. The molecule has 0 saturated heterocycles. The molecule has 2 N–H and O–H groups in total. The van der Waals surface area contributed by atoms with Crippen molar-refractivity contribution in [2.45, 2.75) is 0 Å². The molecule has 0 aliphatic heterocycles. The van der Waals surface area contributed by atoms with Gasteiger partial charge in [0.25, 0.3) is 11.8 Å². The molecule has 17 heavy (non-hydrogen) atoms. The smallest absolute Gasteiger partial charge is 0.267 e. The third-order valence-electron chi connectivity index (χ3n) is 2.19. The minimum atomic E-state index is -0.510. The number of hydrazine groups is 1.